The molecule has 0 aromatic rings. The summed E-state index contributed by atoms with van der Waals surface area (Å²) in [7, 11) is 0. The molecule has 0 saturated heterocycles. The number of aliphatic carboxylic acids is 3. The van der Waals surface area contributed by atoms with Gasteiger partial charge in [0.15, 0.2) is 0 Å². The van der Waals surface area contributed by atoms with Gasteiger partial charge in [-0.05, 0) is 20.3 Å². The van der Waals surface area contributed by atoms with Crippen LogP contribution in [0.15, 0.2) is 0 Å². The fourth-order valence-corrected chi connectivity index (χ4v) is 1.34. The number of nitrogens with two attached hydrogens (primary N) is 1. The number of rotatable bonds is 10. The number of carbonyl (C=O) groups excluding carboxylic acids is 2. The van der Waals surface area contributed by atoms with Crippen molar-refractivity contribution in [2.75, 3.05) is 13.1 Å². The minimum Gasteiger partial charge on any atom is -0.481 e. The van der Waals surface area contributed by atoms with Crippen LogP contribution in [-0.2, 0) is 19.2 Å². The van der Waals surface area contributed by atoms with Crippen molar-refractivity contribution in [3.8, 4) is 0 Å². The Bertz CT molecular complexity index is 547. The SMILES string of the molecule is CCC.CCC(=O)NCC(C)(C)N.O=C(O)CC[C@H](NC(=O)NCC(=O)O)C(=O)O. The van der Waals surface area contributed by atoms with Gasteiger partial charge >= 0.3 is 23.9 Å². The third kappa shape index (κ3) is 27.3. The second kappa shape index (κ2) is 18.2. The Kier molecular flexibility index (Phi) is 19.2. The monoisotopic (exact) mass is 436 g/mol. The molecule has 8 N–H and O–H groups in total. The zero-order chi connectivity index (χ0) is 24.3. The van der Waals surface area contributed by atoms with Crippen LogP contribution in [-0.4, -0.2) is 69.8 Å². The number of nitrogens with one attached hydrogen (secondary N) is 3. The molecule has 0 aliphatic heterocycles. The highest BCUT2D eigenvalue weighted by atomic mass is 16.4. The first kappa shape index (κ1) is 31.8. The predicted octanol–water partition coefficient (Wildman–Crippen LogP) is 0.354. The smallest absolute Gasteiger partial charge is 0.326 e. The molecule has 176 valence electrons. The summed E-state index contributed by atoms with van der Waals surface area (Å²) in [5.41, 5.74) is 5.32. The van der Waals surface area contributed by atoms with Gasteiger partial charge < -0.3 is 37.0 Å². The van der Waals surface area contributed by atoms with Crippen LogP contribution in [0.25, 0.3) is 0 Å². The molecule has 0 aromatic carbocycles. The summed E-state index contributed by atoms with van der Waals surface area (Å²) in [5, 5.41) is 31.8. The predicted molar refractivity (Wildman–Crippen MR) is 110 cm³/mol. The van der Waals surface area contributed by atoms with Crippen LogP contribution in [0.4, 0.5) is 4.79 Å². The van der Waals surface area contributed by atoms with E-state index in [1.54, 1.807) is 0 Å². The van der Waals surface area contributed by atoms with Crippen LogP contribution in [0, 0.1) is 0 Å². The van der Waals surface area contributed by atoms with Crippen molar-refractivity contribution in [1.29, 1.82) is 0 Å². The van der Waals surface area contributed by atoms with Gasteiger partial charge in [-0.2, -0.15) is 0 Å². The molecular weight excluding hydrogens is 400 g/mol. The summed E-state index contributed by atoms with van der Waals surface area (Å²) in [4.78, 5) is 52.7. The maximum Gasteiger partial charge on any atom is 0.326 e. The van der Waals surface area contributed by atoms with Gasteiger partial charge in [0.1, 0.15) is 12.6 Å². The molecule has 0 spiro atoms. The van der Waals surface area contributed by atoms with Gasteiger partial charge in [0.2, 0.25) is 5.91 Å². The molecule has 0 unspecified atom stereocenters. The summed E-state index contributed by atoms with van der Waals surface area (Å²) in [6.07, 6.45) is 1.07. The lowest BCUT2D eigenvalue weighted by Crippen LogP contribution is -2.47. The summed E-state index contributed by atoms with van der Waals surface area (Å²) in [6, 6.07) is -2.36. The highest BCUT2D eigenvalue weighted by Crippen LogP contribution is 1.97. The molecule has 0 radical (unpaired) electrons. The summed E-state index contributed by atoms with van der Waals surface area (Å²) in [6.45, 7) is 9.71. The maximum atomic E-state index is 11.0. The molecule has 3 amide bonds. The molecule has 0 heterocycles. The van der Waals surface area contributed by atoms with Gasteiger partial charge in [0.25, 0.3) is 0 Å². The van der Waals surface area contributed by atoms with Crippen molar-refractivity contribution in [3.05, 3.63) is 0 Å². The van der Waals surface area contributed by atoms with E-state index in [2.05, 4.69) is 19.2 Å². The highest BCUT2D eigenvalue weighted by molar-refractivity contribution is 5.85. The number of hydrogen-bond acceptors (Lipinski definition) is 6. The normalized spacial score (nSPS) is 10.7. The lowest BCUT2D eigenvalue weighted by Gasteiger charge is -2.18. The van der Waals surface area contributed by atoms with E-state index < -0.39 is 42.9 Å². The van der Waals surface area contributed by atoms with Crippen molar-refractivity contribution in [1.82, 2.24) is 16.0 Å². The minimum atomic E-state index is -1.39. The fourth-order valence-electron chi connectivity index (χ4n) is 1.34. The molecule has 0 aliphatic carbocycles. The van der Waals surface area contributed by atoms with Crippen LogP contribution >= 0.6 is 0 Å². The Hall–Kier alpha value is -2.89. The van der Waals surface area contributed by atoms with E-state index in [0.29, 0.717) is 13.0 Å². The lowest BCUT2D eigenvalue weighted by atomic mass is 10.1. The van der Waals surface area contributed by atoms with E-state index in [-0.39, 0.29) is 17.9 Å². The lowest BCUT2D eigenvalue weighted by molar-refractivity contribution is -0.140. The molecule has 0 rings (SSSR count). The van der Waals surface area contributed by atoms with E-state index in [1.165, 1.54) is 6.42 Å². The Balaban J connectivity index is -0.000000474. The number of carbonyl (C=O) groups is 5. The number of amides is 3. The van der Waals surface area contributed by atoms with Crippen molar-refractivity contribution >= 4 is 29.8 Å². The Morgan fingerprint density at radius 2 is 1.43 bits per heavy atom. The standard InChI is InChI=1S/C8H12N2O7.C7H16N2O.C3H8/c11-5(12)2-1-4(7(15)16)10-8(17)9-3-6(13)14;1-4-6(10)9-5-7(2,3)8;1-3-2/h4H,1-3H2,(H,11,12)(H,13,14)(H,15,16)(H2,9,10,17);4-5,8H2,1-3H3,(H,9,10);3H2,1-2H3/t4-;;/m0../s1. The quantitative estimate of drug-likeness (QED) is 0.252. The Morgan fingerprint density at radius 3 is 1.77 bits per heavy atom. The Morgan fingerprint density at radius 1 is 0.933 bits per heavy atom. The van der Waals surface area contributed by atoms with Crippen molar-refractivity contribution in [3.63, 3.8) is 0 Å². The maximum absolute atomic E-state index is 11.0. The third-order valence-electron chi connectivity index (χ3n) is 2.71. The van der Waals surface area contributed by atoms with Crippen LogP contribution in [0.5, 0.6) is 0 Å². The topological polar surface area (TPSA) is 208 Å². The van der Waals surface area contributed by atoms with Crippen LogP contribution in [0.1, 0.15) is 60.3 Å². The van der Waals surface area contributed by atoms with Crippen molar-refractivity contribution in [2.24, 2.45) is 5.73 Å². The van der Waals surface area contributed by atoms with E-state index in [0.717, 1.165) is 0 Å². The molecule has 12 heteroatoms. The van der Waals surface area contributed by atoms with E-state index >= 15 is 0 Å². The molecule has 0 fully saturated rings. The summed E-state index contributed by atoms with van der Waals surface area (Å²) >= 11 is 0. The van der Waals surface area contributed by atoms with Crippen molar-refractivity contribution < 1.29 is 39.3 Å². The third-order valence-corrected chi connectivity index (χ3v) is 2.71. The van der Waals surface area contributed by atoms with Crippen LogP contribution in [0.2, 0.25) is 0 Å². The largest absolute Gasteiger partial charge is 0.481 e. The number of carboxylic acids is 3. The molecule has 30 heavy (non-hydrogen) atoms. The zero-order valence-electron chi connectivity index (χ0n) is 18.3. The first-order chi connectivity index (χ1) is 13.7. The molecule has 1 atom stereocenters. The van der Waals surface area contributed by atoms with E-state index in [1.807, 2.05) is 31.4 Å². The van der Waals surface area contributed by atoms with Gasteiger partial charge in [-0.15, -0.1) is 0 Å². The minimum absolute atomic E-state index is 0.0542. The Labute approximate surface area is 176 Å². The van der Waals surface area contributed by atoms with E-state index in [9.17, 15) is 24.0 Å². The summed E-state index contributed by atoms with van der Waals surface area (Å²) < 4.78 is 0. The van der Waals surface area contributed by atoms with Gasteiger partial charge in [0, 0.05) is 24.9 Å². The van der Waals surface area contributed by atoms with Gasteiger partial charge in [-0.1, -0.05) is 27.2 Å². The average molecular weight is 437 g/mol. The number of urea groups is 1. The molecule has 12 nitrogen and oxygen atoms in total. The number of hydrogen-bond donors (Lipinski definition) is 7. The number of carboxylic acid groups (broad SMARTS) is 3. The van der Waals surface area contributed by atoms with Gasteiger partial charge in [-0.3, -0.25) is 14.4 Å². The molecule has 0 saturated carbocycles. The first-order valence-electron chi connectivity index (χ1n) is 9.46. The van der Waals surface area contributed by atoms with Gasteiger partial charge in [-0.25, -0.2) is 9.59 Å². The molecule has 0 aliphatic rings. The molecule has 0 bridgehead atoms. The molecule has 0 aromatic heterocycles. The van der Waals surface area contributed by atoms with Crippen LogP contribution in [0.3, 0.4) is 0 Å². The first-order valence-corrected chi connectivity index (χ1v) is 9.46. The molecular formula is C18H36N4O8. The van der Waals surface area contributed by atoms with Gasteiger partial charge in [0.05, 0.1) is 0 Å². The van der Waals surface area contributed by atoms with Crippen LogP contribution < -0.4 is 21.7 Å². The summed E-state index contributed by atoms with van der Waals surface area (Å²) in [5.74, 6) is -3.81. The second-order valence-corrected chi connectivity index (χ2v) is 6.87. The highest BCUT2D eigenvalue weighted by Gasteiger charge is 2.20. The van der Waals surface area contributed by atoms with Crippen molar-refractivity contribution in [2.45, 2.75) is 71.9 Å². The average Bonchev–Trinajstić information content (AvgIpc) is 2.61. The fraction of sp³-hybridized carbons (Fsp3) is 0.722. The van der Waals surface area contributed by atoms with E-state index in [4.69, 9.17) is 21.1 Å². The second-order valence-electron chi connectivity index (χ2n) is 6.87. The zero-order valence-corrected chi connectivity index (χ0v) is 18.3.